The number of thioether (sulfide) groups is 1. The molecule has 0 aliphatic carbocycles. The van der Waals surface area contributed by atoms with Crippen LogP contribution in [0.25, 0.3) is 10.9 Å². The predicted octanol–water partition coefficient (Wildman–Crippen LogP) is 2.68. The van der Waals surface area contributed by atoms with E-state index in [2.05, 4.69) is 57.4 Å². The van der Waals surface area contributed by atoms with Crippen molar-refractivity contribution in [1.29, 1.82) is 0 Å². The summed E-state index contributed by atoms with van der Waals surface area (Å²) in [5.41, 5.74) is 3.01. The van der Waals surface area contributed by atoms with Crippen LogP contribution in [0, 0.1) is 6.92 Å². The molecule has 1 N–H and O–H groups in total. The lowest BCUT2D eigenvalue weighted by molar-refractivity contribution is 0.646. The van der Waals surface area contributed by atoms with Crippen molar-refractivity contribution in [1.82, 2.24) is 15.2 Å². The summed E-state index contributed by atoms with van der Waals surface area (Å²) >= 11 is 1.74. The zero-order valence-corrected chi connectivity index (χ0v) is 15.7. The molecular formula is C19H21N5OS. The smallest absolute Gasteiger partial charge is 0.266 e. The number of aryl methyl sites for hydroxylation is 1. The molecule has 2 aromatic heterocycles. The second kappa shape index (κ2) is 6.99. The van der Waals surface area contributed by atoms with Gasteiger partial charge in [-0.25, -0.2) is 10.1 Å². The molecule has 3 heterocycles. The first-order chi connectivity index (χ1) is 12.6. The molecule has 0 bridgehead atoms. The Morgan fingerprint density at radius 1 is 1.08 bits per heavy atom. The van der Waals surface area contributed by atoms with Gasteiger partial charge >= 0.3 is 0 Å². The lowest BCUT2D eigenvalue weighted by Crippen LogP contribution is -2.47. The Morgan fingerprint density at radius 2 is 1.85 bits per heavy atom. The van der Waals surface area contributed by atoms with Gasteiger partial charge in [0.1, 0.15) is 5.82 Å². The predicted molar refractivity (Wildman–Crippen MR) is 108 cm³/mol. The lowest BCUT2D eigenvalue weighted by Gasteiger charge is -2.36. The average Bonchev–Trinajstić information content (AvgIpc) is 2.67. The number of nitrogens with zero attached hydrogens (tertiary/aromatic N) is 4. The van der Waals surface area contributed by atoms with E-state index in [0.29, 0.717) is 0 Å². The van der Waals surface area contributed by atoms with E-state index < -0.39 is 0 Å². The van der Waals surface area contributed by atoms with E-state index in [1.165, 1.54) is 15.8 Å². The van der Waals surface area contributed by atoms with Gasteiger partial charge in [-0.15, -0.1) is 11.8 Å². The highest BCUT2D eigenvalue weighted by molar-refractivity contribution is 7.98. The molecule has 26 heavy (non-hydrogen) atoms. The number of rotatable bonds is 3. The standard InChI is InChI=1S/C19H21N5OS/c1-13-9-18(21-17-11-15(26-2)3-4-16(13)17)24-7-5-23(6-8-24)14-10-19(25)22-20-12-14/h3-4,9-12H,5-8H2,1-2H3,(H,22,25). The average molecular weight is 367 g/mol. The summed E-state index contributed by atoms with van der Waals surface area (Å²) in [6, 6.07) is 10.2. The van der Waals surface area contributed by atoms with Crippen molar-refractivity contribution in [3.63, 3.8) is 0 Å². The van der Waals surface area contributed by atoms with Gasteiger partial charge in [0, 0.05) is 42.5 Å². The maximum Gasteiger partial charge on any atom is 0.266 e. The van der Waals surface area contributed by atoms with Crippen LogP contribution in [-0.2, 0) is 0 Å². The molecule has 0 unspecified atom stereocenters. The van der Waals surface area contributed by atoms with Crippen LogP contribution in [0.3, 0.4) is 0 Å². The Kier molecular flexibility index (Phi) is 4.55. The number of nitrogens with one attached hydrogen (secondary N) is 1. The van der Waals surface area contributed by atoms with Crippen molar-refractivity contribution in [2.24, 2.45) is 0 Å². The number of anilines is 2. The number of aromatic nitrogens is 3. The Balaban J connectivity index is 1.56. The molecule has 7 heteroatoms. The highest BCUT2D eigenvalue weighted by Crippen LogP contribution is 2.27. The van der Waals surface area contributed by atoms with Crippen LogP contribution in [0.2, 0.25) is 0 Å². The molecule has 4 rings (SSSR count). The van der Waals surface area contributed by atoms with Crippen LogP contribution >= 0.6 is 11.8 Å². The fourth-order valence-electron chi connectivity index (χ4n) is 3.39. The van der Waals surface area contributed by atoms with Gasteiger partial charge in [0.15, 0.2) is 0 Å². The van der Waals surface area contributed by atoms with Gasteiger partial charge in [0.2, 0.25) is 0 Å². The van der Waals surface area contributed by atoms with Crippen molar-refractivity contribution in [3.05, 3.63) is 52.4 Å². The van der Waals surface area contributed by atoms with Gasteiger partial charge in [0.25, 0.3) is 5.56 Å². The Morgan fingerprint density at radius 3 is 2.58 bits per heavy atom. The van der Waals surface area contributed by atoms with Crippen LogP contribution in [0.5, 0.6) is 0 Å². The fraction of sp³-hybridized carbons (Fsp3) is 0.316. The lowest BCUT2D eigenvalue weighted by atomic mass is 10.1. The van der Waals surface area contributed by atoms with Crippen molar-refractivity contribution in [3.8, 4) is 0 Å². The van der Waals surface area contributed by atoms with Crippen molar-refractivity contribution in [2.75, 3.05) is 42.2 Å². The highest BCUT2D eigenvalue weighted by Gasteiger charge is 2.19. The van der Waals surface area contributed by atoms with Crippen molar-refractivity contribution >= 4 is 34.2 Å². The van der Waals surface area contributed by atoms with Crippen LogP contribution in [0.15, 0.2) is 46.2 Å². The number of pyridine rings is 1. The molecule has 6 nitrogen and oxygen atoms in total. The fourth-order valence-corrected chi connectivity index (χ4v) is 3.82. The first-order valence-corrected chi connectivity index (χ1v) is 9.86. The van der Waals surface area contributed by atoms with Gasteiger partial charge in [-0.1, -0.05) is 6.07 Å². The SMILES string of the molecule is CSc1ccc2c(C)cc(N3CCN(c4cn[nH]c(=O)c4)CC3)nc2c1. The van der Waals surface area contributed by atoms with Crippen molar-refractivity contribution in [2.45, 2.75) is 11.8 Å². The number of hydrogen-bond donors (Lipinski definition) is 1. The summed E-state index contributed by atoms with van der Waals surface area (Å²) in [6.45, 7) is 5.56. The van der Waals surface area contributed by atoms with Gasteiger partial charge in [-0.2, -0.15) is 5.10 Å². The van der Waals surface area contributed by atoms with Gasteiger partial charge < -0.3 is 9.80 Å². The molecule has 0 amide bonds. The maximum absolute atomic E-state index is 11.5. The minimum atomic E-state index is -0.165. The van der Waals surface area contributed by atoms with Crippen LogP contribution in [0.4, 0.5) is 11.5 Å². The highest BCUT2D eigenvalue weighted by atomic mass is 32.2. The normalized spacial score (nSPS) is 14.8. The molecule has 0 atom stereocenters. The van der Waals surface area contributed by atoms with E-state index in [-0.39, 0.29) is 5.56 Å². The Hall–Kier alpha value is -2.54. The summed E-state index contributed by atoms with van der Waals surface area (Å²) in [5, 5.41) is 7.52. The maximum atomic E-state index is 11.5. The first kappa shape index (κ1) is 16.9. The minimum absolute atomic E-state index is 0.165. The van der Waals surface area contributed by atoms with E-state index in [1.807, 2.05) is 0 Å². The zero-order chi connectivity index (χ0) is 18.1. The second-order valence-electron chi connectivity index (χ2n) is 6.46. The van der Waals surface area contributed by atoms with E-state index >= 15 is 0 Å². The molecule has 1 aliphatic rings. The molecule has 1 aromatic carbocycles. The number of piperazine rings is 1. The molecule has 134 valence electrons. The third kappa shape index (κ3) is 3.26. The molecule has 0 radical (unpaired) electrons. The number of fused-ring (bicyclic) bond motifs is 1. The van der Waals surface area contributed by atoms with Crippen molar-refractivity contribution < 1.29 is 0 Å². The number of aromatic amines is 1. The molecule has 1 saturated heterocycles. The van der Waals surface area contributed by atoms with E-state index in [0.717, 1.165) is 43.2 Å². The summed E-state index contributed by atoms with van der Waals surface area (Å²) in [6.07, 6.45) is 3.79. The summed E-state index contributed by atoms with van der Waals surface area (Å²) < 4.78 is 0. The van der Waals surface area contributed by atoms with E-state index in [9.17, 15) is 4.79 Å². The summed E-state index contributed by atoms with van der Waals surface area (Å²) in [7, 11) is 0. The van der Waals surface area contributed by atoms with Crippen LogP contribution < -0.4 is 15.4 Å². The number of benzene rings is 1. The Bertz CT molecular complexity index is 995. The Labute approximate surface area is 156 Å². The quantitative estimate of drug-likeness (QED) is 0.718. The van der Waals surface area contributed by atoms with Gasteiger partial charge in [0.05, 0.1) is 17.4 Å². The largest absolute Gasteiger partial charge is 0.367 e. The van der Waals surface area contributed by atoms with Gasteiger partial charge in [-0.3, -0.25) is 4.79 Å². The molecule has 1 fully saturated rings. The number of H-pyrrole nitrogens is 1. The minimum Gasteiger partial charge on any atom is -0.367 e. The summed E-state index contributed by atoms with van der Waals surface area (Å²) in [5.74, 6) is 1.02. The monoisotopic (exact) mass is 367 g/mol. The second-order valence-corrected chi connectivity index (χ2v) is 7.34. The van der Waals surface area contributed by atoms with Crippen LogP contribution in [0.1, 0.15) is 5.56 Å². The van der Waals surface area contributed by atoms with E-state index in [4.69, 9.17) is 4.98 Å². The molecule has 1 aliphatic heterocycles. The molecular weight excluding hydrogens is 346 g/mol. The summed E-state index contributed by atoms with van der Waals surface area (Å²) in [4.78, 5) is 22.1. The van der Waals surface area contributed by atoms with Crippen LogP contribution in [-0.4, -0.2) is 47.6 Å². The first-order valence-electron chi connectivity index (χ1n) is 8.64. The van der Waals surface area contributed by atoms with Gasteiger partial charge in [-0.05, 0) is 36.9 Å². The molecule has 3 aromatic rings. The van der Waals surface area contributed by atoms with E-state index in [1.54, 1.807) is 24.0 Å². The zero-order valence-electron chi connectivity index (χ0n) is 14.9. The third-order valence-electron chi connectivity index (χ3n) is 4.83. The molecule has 0 spiro atoms. The number of hydrogen-bond acceptors (Lipinski definition) is 6. The molecule has 0 saturated carbocycles. The third-order valence-corrected chi connectivity index (χ3v) is 5.56. The topological polar surface area (TPSA) is 65.1 Å².